The lowest BCUT2D eigenvalue weighted by Gasteiger charge is -2.29. The van der Waals surface area contributed by atoms with Crippen molar-refractivity contribution >= 4 is 34.3 Å². The number of carbonyl (C=O) groups excluding carboxylic acids is 1. The van der Waals surface area contributed by atoms with Crippen LogP contribution in [0.2, 0.25) is 5.02 Å². The standard InChI is InChI=1S/C23H24ClFN4O3/c1-23(2,3)32-22(31)28-12-13(25)10-18(28)20-27-17-9-5-8-16(24)19(17)21(30)29(20)15-7-4-6-14(26)11-15/h4-9,11,13,18H,10,12,26H2,1-3H3/t13-,18-/m0/s1. The molecule has 2 heterocycles. The molecule has 0 aliphatic carbocycles. The zero-order valence-corrected chi connectivity index (χ0v) is 18.8. The highest BCUT2D eigenvalue weighted by Gasteiger charge is 2.41. The number of alkyl halides is 1. The highest BCUT2D eigenvalue weighted by Crippen LogP contribution is 2.35. The molecular weight excluding hydrogens is 435 g/mol. The molecule has 2 N–H and O–H groups in total. The Balaban J connectivity index is 1.95. The number of hydrogen-bond donors (Lipinski definition) is 1. The number of likely N-dealkylation sites (tertiary alicyclic amines) is 1. The Labute approximate surface area is 189 Å². The zero-order chi connectivity index (χ0) is 23.2. The third-order valence-corrected chi connectivity index (χ3v) is 5.49. The number of aromatic nitrogens is 2. The van der Waals surface area contributed by atoms with Gasteiger partial charge in [0.15, 0.2) is 0 Å². The first-order chi connectivity index (χ1) is 15.0. The van der Waals surface area contributed by atoms with E-state index in [4.69, 9.17) is 22.1 Å². The van der Waals surface area contributed by atoms with Gasteiger partial charge in [0.1, 0.15) is 17.6 Å². The minimum Gasteiger partial charge on any atom is -0.444 e. The predicted molar refractivity (Wildman–Crippen MR) is 122 cm³/mol. The second-order valence-electron chi connectivity index (χ2n) is 8.82. The lowest BCUT2D eigenvalue weighted by Crippen LogP contribution is -2.39. The lowest BCUT2D eigenvalue weighted by atomic mass is 10.1. The Morgan fingerprint density at radius 2 is 1.97 bits per heavy atom. The van der Waals surface area contributed by atoms with Gasteiger partial charge in [0.05, 0.1) is 34.2 Å². The highest BCUT2D eigenvalue weighted by atomic mass is 35.5. The van der Waals surface area contributed by atoms with Crippen LogP contribution in [0.5, 0.6) is 0 Å². The molecule has 1 saturated heterocycles. The first-order valence-corrected chi connectivity index (χ1v) is 10.6. The van der Waals surface area contributed by atoms with Crippen molar-refractivity contribution in [3.8, 4) is 5.69 Å². The van der Waals surface area contributed by atoms with Crippen molar-refractivity contribution in [3.63, 3.8) is 0 Å². The maximum absolute atomic E-state index is 14.6. The summed E-state index contributed by atoms with van der Waals surface area (Å²) in [6.07, 6.45) is -1.96. The number of benzene rings is 2. The molecule has 1 aliphatic rings. The van der Waals surface area contributed by atoms with Gasteiger partial charge in [-0.3, -0.25) is 14.3 Å². The summed E-state index contributed by atoms with van der Waals surface area (Å²) in [5.41, 5.74) is 6.03. The second kappa shape index (κ2) is 8.09. The average molecular weight is 459 g/mol. The number of hydrogen-bond acceptors (Lipinski definition) is 5. The number of fused-ring (bicyclic) bond motifs is 1. The summed E-state index contributed by atoms with van der Waals surface area (Å²) in [6.45, 7) is 5.06. The summed E-state index contributed by atoms with van der Waals surface area (Å²) in [7, 11) is 0. The number of halogens is 2. The monoisotopic (exact) mass is 458 g/mol. The minimum absolute atomic E-state index is 0.0138. The van der Waals surface area contributed by atoms with E-state index in [-0.39, 0.29) is 29.2 Å². The van der Waals surface area contributed by atoms with Gasteiger partial charge in [0.25, 0.3) is 5.56 Å². The normalized spacial score (nSPS) is 18.8. The summed E-state index contributed by atoms with van der Waals surface area (Å²) in [4.78, 5) is 32.4. The molecule has 0 unspecified atom stereocenters. The number of nitrogens with zero attached hydrogens (tertiary/aromatic N) is 3. The van der Waals surface area contributed by atoms with Crippen molar-refractivity contribution < 1.29 is 13.9 Å². The molecule has 2 atom stereocenters. The Hall–Kier alpha value is -3.13. The van der Waals surface area contributed by atoms with Crippen LogP contribution in [0.25, 0.3) is 16.6 Å². The van der Waals surface area contributed by atoms with Crippen LogP contribution in [0, 0.1) is 0 Å². The number of nitrogen functional groups attached to an aromatic ring is 1. The van der Waals surface area contributed by atoms with Gasteiger partial charge in [-0.2, -0.15) is 0 Å². The molecule has 1 aromatic heterocycles. The minimum atomic E-state index is -1.28. The van der Waals surface area contributed by atoms with Crippen LogP contribution >= 0.6 is 11.6 Å². The molecule has 1 amide bonds. The first kappa shape index (κ1) is 22.1. The molecule has 168 valence electrons. The number of nitrogens with two attached hydrogens (primary N) is 1. The SMILES string of the molecule is CC(C)(C)OC(=O)N1C[C@@H](F)C[C@H]1c1nc2cccc(Cl)c2c(=O)n1-c1cccc(N)c1. The Kier molecular flexibility index (Phi) is 5.58. The molecule has 2 aromatic carbocycles. The van der Waals surface area contributed by atoms with Gasteiger partial charge in [-0.05, 0) is 51.1 Å². The van der Waals surface area contributed by atoms with E-state index >= 15 is 0 Å². The van der Waals surface area contributed by atoms with Gasteiger partial charge in [0, 0.05) is 12.1 Å². The Morgan fingerprint density at radius 1 is 1.25 bits per heavy atom. The molecule has 0 spiro atoms. The van der Waals surface area contributed by atoms with Crippen molar-refractivity contribution in [2.24, 2.45) is 0 Å². The molecule has 0 radical (unpaired) electrons. The van der Waals surface area contributed by atoms with E-state index in [1.54, 1.807) is 63.2 Å². The van der Waals surface area contributed by atoms with Crippen LogP contribution in [0.3, 0.4) is 0 Å². The smallest absolute Gasteiger partial charge is 0.411 e. The van der Waals surface area contributed by atoms with E-state index in [1.807, 2.05) is 0 Å². The second-order valence-corrected chi connectivity index (χ2v) is 9.23. The quantitative estimate of drug-likeness (QED) is 0.565. The first-order valence-electron chi connectivity index (χ1n) is 10.3. The molecule has 7 nitrogen and oxygen atoms in total. The average Bonchev–Trinajstić information content (AvgIpc) is 3.08. The number of ether oxygens (including phenoxy) is 1. The fourth-order valence-corrected chi connectivity index (χ4v) is 4.15. The van der Waals surface area contributed by atoms with Gasteiger partial charge in [0.2, 0.25) is 0 Å². The molecule has 0 saturated carbocycles. The van der Waals surface area contributed by atoms with E-state index in [2.05, 4.69) is 4.98 Å². The molecule has 4 rings (SSSR count). The molecule has 0 bridgehead atoms. The Bertz CT molecular complexity index is 1250. The molecule has 1 fully saturated rings. The van der Waals surface area contributed by atoms with Gasteiger partial charge in [-0.25, -0.2) is 14.2 Å². The molecule has 3 aromatic rings. The lowest BCUT2D eigenvalue weighted by molar-refractivity contribution is 0.0209. The van der Waals surface area contributed by atoms with E-state index in [0.717, 1.165) is 0 Å². The highest BCUT2D eigenvalue weighted by molar-refractivity contribution is 6.35. The van der Waals surface area contributed by atoms with Crippen LogP contribution < -0.4 is 11.3 Å². The van der Waals surface area contributed by atoms with E-state index < -0.39 is 29.5 Å². The summed E-state index contributed by atoms with van der Waals surface area (Å²) in [6, 6.07) is 10.9. The molecule has 32 heavy (non-hydrogen) atoms. The summed E-state index contributed by atoms with van der Waals surface area (Å²) >= 11 is 6.32. The van der Waals surface area contributed by atoms with Crippen LogP contribution in [0.1, 0.15) is 39.1 Å². The van der Waals surface area contributed by atoms with Crippen molar-refractivity contribution in [3.05, 3.63) is 63.7 Å². The van der Waals surface area contributed by atoms with Gasteiger partial charge >= 0.3 is 6.09 Å². The van der Waals surface area contributed by atoms with E-state index in [1.165, 1.54) is 9.47 Å². The molecular formula is C23H24ClFN4O3. The maximum Gasteiger partial charge on any atom is 0.411 e. The third kappa shape index (κ3) is 4.14. The van der Waals surface area contributed by atoms with Crippen molar-refractivity contribution in [1.29, 1.82) is 0 Å². The Morgan fingerprint density at radius 3 is 2.66 bits per heavy atom. The summed E-state index contributed by atoms with van der Waals surface area (Å²) in [5.74, 6) is 0.223. The fourth-order valence-electron chi connectivity index (χ4n) is 3.90. The molecule has 9 heteroatoms. The van der Waals surface area contributed by atoms with Crippen LogP contribution in [0.15, 0.2) is 47.3 Å². The number of rotatable bonds is 2. The van der Waals surface area contributed by atoms with Gasteiger partial charge in [-0.1, -0.05) is 23.7 Å². The molecule has 1 aliphatic heterocycles. The van der Waals surface area contributed by atoms with Crippen LogP contribution in [0.4, 0.5) is 14.9 Å². The van der Waals surface area contributed by atoms with Crippen molar-refractivity contribution in [2.45, 2.75) is 45.0 Å². The van der Waals surface area contributed by atoms with Crippen LogP contribution in [-0.2, 0) is 4.74 Å². The van der Waals surface area contributed by atoms with E-state index in [0.29, 0.717) is 16.9 Å². The van der Waals surface area contributed by atoms with Crippen molar-refractivity contribution in [1.82, 2.24) is 14.5 Å². The van der Waals surface area contributed by atoms with Crippen molar-refractivity contribution in [2.75, 3.05) is 12.3 Å². The zero-order valence-electron chi connectivity index (χ0n) is 18.0. The van der Waals surface area contributed by atoms with E-state index in [9.17, 15) is 14.0 Å². The van der Waals surface area contributed by atoms with Crippen LogP contribution in [-0.4, -0.2) is 38.9 Å². The maximum atomic E-state index is 14.6. The topological polar surface area (TPSA) is 90.5 Å². The number of carbonyl (C=O) groups is 1. The summed E-state index contributed by atoms with van der Waals surface area (Å²) < 4.78 is 21.4. The van der Waals surface area contributed by atoms with Gasteiger partial charge < -0.3 is 10.5 Å². The third-order valence-electron chi connectivity index (χ3n) is 5.18. The number of anilines is 1. The number of amides is 1. The van der Waals surface area contributed by atoms with Gasteiger partial charge in [-0.15, -0.1) is 0 Å². The summed E-state index contributed by atoms with van der Waals surface area (Å²) in [5, 5.41) is 0.488. The largest absolute Gasteiger partial charge is 0.444 e. The fraction of sp³-hybridized carbons (Fsp3) is 0.348. The predicted octanol–water partition coefficient (Wildman–Crippen LogP) is 4.64.